The summed E-state index contributed by atoms with van der Waals surface area (Å²) in [6, 6.07) is 10.7. The van der Waals surface area contributed by atoms with Crippen molar-refractivity contribution in [1.29, 1.82) is 0 Å². The van der Waals surface area contributed by atoms with Crippen molar-refractivity contribution in [2.75, 3.05) is 0 Å². The molecule has 6 nitrogen and oxygen atoms in total. The molecule has 0 saturated carbocycles. The summed E-state index contributed by atoms with van der Waals surface area (Å²) in [4.78, 5) is 4.75. The number of nitrogens with zero attached hydrogens (tertiary/aromatic N) is 4. The van der Waals surface area contributed by atoms with Gasteiger partial charge in [0, 0.05) is 13.1 Å². The summed E-state index contributed by atoms with van der Waals surface area (Å²) in [5, 5.41) is 15.2. The van der Waals surface area contributed by atoms with E-state index in [1.807, 2.05) is 36.7 Å². The number of hydrogen-bond acceptors (Lipinski definition) is 3. The lowest BCUT2D eigenvalue weighted by Gasteiger charge is -2.18. The van der Waals surface area contributed by atoms with Crippen molar-refractivity contribution in [3.8, 4) is 0 Å². The van der Waals surface area contributed by atoms with Crippen molar-refractivity contribution in [2.45, 2.75) is 65.6 Å². The minimum Gasteiger partial charge on any atom is -0.354 e. The van der Waals surface area contributed by atoms with Gasteiger partial charge in [-0.2, -0.15) is 0 Å². The van der Waals surface area contributed by atoms with E-state index in [4.69, 9.17) is 4.99 Å². The van der Waals surface area contributed by atoms with Crippen LogP contribution in [0, 0.1) is 6.92 Å². The number of aliphatic imine (C=N–C) groups is 1. The van der Waals surface area contributed by atoms with Crippen LogP contribution in [-0.4, -0.2) is 26.8 Å². The van der Waals surface area contributed by atoms with Gasteiger partial charge in [-0.3, -0.25) is 0 Å². The first kappa shape index (κ1) is 23.4. The Labute approximate surface area is 180 Å². The second kappa shape index (κ2) is 12.7. The number of rotatable bonds is 9. The molecule has 0 fully saturated rings. The fourth-order valence-electron chi connectivity index (χ4n) is 2.68. The maximum atomic E-state index is 4.75. The molecule has 1 unspecified atom stereocenters. The van der Waals surface area contributed by atoms with Crippen molar-refractivity contribution in [3.63, 3.8) is 0 Å². The molecule has 2 N–H and O–H groups in total. The van der Waals surface area contributed by atoms with E-state index in [-0.39, 0.29) is 24.0 Å². The van der Waals surface area contributed by atoms with Crippen molar-refractivity contribution >= 4 is 29.9 Å². The summed E-state index contributed by atoms with van der Waals surface area (Å²) in [6.45, 7) is 7.64. The molecular weight excluding hydrogens is 451 g/mol. The molecule has 0 radical (unpaired) electrons. The van der Waals surface area contributed by atoms with E-state index < -0.39 is 0 Å². The van der Waals surface area contributed by atoms with E-state index in [9.17, 15) is 0 Å². The van der Waals surface area contributed by atoms with Gasteiger partial charge in [0.15, 0.2) is 11.8 Å². The highest BCUT2D eigenvalue weighted by Crippen LogP contribution is 2.04. The average molecular weight is 484 g/mol. The minimum absolute atomic E-state index is 0. The number of halogens is 1. The Morgan fingerprint density at radius 1 is 1.19 bits per heavy atom. The Morgan fingerprint density at radius 3 is 2.56 bits per heavy atom. The lowest BCUT2D eigenvalue weighted by molar-refractivity contribution is 0.544. The molecule has 1 aromatic heterocycles. The Hall–Kier alpha value is -1.64. The number of hydrogen-bond donors (Lipinski definition) is 2. The fourth-order valence-corrected chi connectivity index (χ4v) is 2.68. The Balaban J connectivity index is 0.00000364. The summed E-state index contributed by atoms with van der Waals surface area (Å²) in [5.41, 5.74) is 1.20. The van der Waals surface area contributed by atoms with Gasteiger partial charge < -0.3 is 15.2 Å². The molecule has 0 saturated heterocycles. The monoisotopic (exact) mass is 484 g/mol. The summed E-state index contributed by atoms with van der Waals surface area (Å²) in [6.07, 6.45) is 4.89. The molecule has 2 aromatic rings. The van der Waals surface area contributed by atoms with Crippen LogP contribution in [0.25, 0.3) is 0 Å². The number of benzene rings is 1. The average Bonchev–Trinajstić information content (AvgIpc) is 2.97. The molecule has 7 heteroatoms. The van der Waals surface area contributed by atoms with Gasteiger partial charge >= 0.3 is 0 Å². The van der Waals surface area contributed by atoms with Crippen LogP contribution in [0.3, 0.4) is 0 Å². The molecule has 0 bridgehead atoms. The van der Waals surface area contributed by atoms with Gasteiger partial charge in [-0.15, -0.1) is 34.2 Å². The Bertz CT molecular complexity index is 683. The smallest absolute Gasteiger partial charge is 0.192 e. The van der Waals surface area contributed by atoms with Gasteiger partial charge in [-0.05, 0) is 25.8 Å². The van der Waals surface area contributed by atoms with Crippen molar-refractivity contribution in [2.24, 2.45) is 12.0 Å². The van der Waals surface area contributed by atoms with Gasteiger partial charge in [0.05, 0.1) is 13.1 Å². The van der Waals surface area contributed by atoms with E-state index in [1.54, 1.807) is 0 Å². The van der Waals surface area contributed by atoms with E-state index in [0.29, 0.717) is 19.1 Å². The van der Waals surface area contributed by atoms with E-state index in [1.165, 1.54) is 24.8 Å². The number of aromatic nitrogens is 3. The zero-order chi connectivity index (χ0) is 18.8. The van der Waals surface area contributed by atoms with Crippen LogP contribution in [0.2, 0.25) is 0 Å². The molecule has 27 heavy (non-hydrogen) atoms. The molecule has 0 aliphatic rings. The second-order valence-electron chi connectivity index (χ2n) is 6.77. The van der Waals surface area contributed by atoms with Crippen LogP contribution in [-0.2, 0) is 20.1 Å². The summed E-state index contributed by atoms with van der Waals surface area (Å²) in [5.74, 6) is 2.62. The largest absolute Gasteiger partial charge is 0.354 e. The van der Waals surface area contributed by atoms with Gasteiger partial charge in [0.25, 0.3) is 0 Å². The highest BCUT2D eigenvalue weighted by molar-refractivity contribution is 14.0. The molecule has 1 aromatic carbocycles. The van der Waals surface area contributed by atoms with Crippen molar-refractivity contribution in [1.82, 2.24) is 25.4 Å². The minimum atomic E-state index is 0. The van der Waals surface area contributed by atoms with Crippen molar-refractivity contribution in [3.05, 3.63) is 47.5 Å². The Morgan fingerprint density at radius 2 is 1.93 bits per heavy atom. The number of nitrogens with one attached hydrogen (secondary N) is 2. The van der Waals surface area contributed by atoms with E-state index >= 15 is 0 Å². The highest BCUT2D eigenvalue weighted by atomic mass is 127. The zero-order valence-electron chi connectivity index (χ0n) is 16.9. The predicted molar refractivity (Wildman–Crippen MR) is 122 cm³/mol. The predicted octanol–water partition coefficient (Wildman–Crippen LogP) is 3.95. The summed E-state index contributed by atoms with van der Waals surface area (Å²) < 4.78 is 1.99. The molecule has 0 amide bonds. The van der Waals surface area contributed by atoms with Gasteiger partial charge in [0.1, 0.15) is 5.82 Å². The zero-order valence-corrected chi connectivity index (χ0v) is 19.2. The molecule has 0 aliphatic carbocycles. The first-order valence-electron chi connectivity index (χ1n) is 9.53. The normalized spacial score (nSPS) is 12.4. The number of unbranched alkanes of at least 4 members (excludes halogenated alkanes) is 2. The Kier molecular flexibility index (Phi) is 11.0. The van der Waals surface area contributed by atoms with Crippen LogP contribution in [0.15, 0.2) is 35.3 Å². The quantitative estimate of drug-likeness (QED) is 0.245. The molecule has 0 spiro atoms. The highest BCUT2D eigenvalue weighted by Gasteiger charge is 2.09. The van der Waals surface area contributed by atoms with Gasteiger partial charge in [0.2, 0.25) is 0 Å². The standard InChI is InChI=1S/C20H32N6.HI/c1-5-6-8-11-16(2)23-20(21-14-18-12-9-7-10-13-18)22-15-19-25-24-17(3)26(19)4;/h7,9-10,12-13,16H,5-6,8,11,14-15H2,1-4H3,(H2,21,22,23);1H. The molecule has 1 atom stereocenters. The van der Waals surface area contributed by atoms with E-state index in [0.717, 1.165) is 24.0 Å². The molecule has 2 rings (SSSR count). The first-order chi connectivity index (χ1) is 12.6. The van der Waals surface area contributed by atoms with Crippen LogP contribution in [0.4, 0.5) is 0 Å². The first-order valence-corrected chi connectivity index (χ1v) is 9.53. The van der Waals surface area contributed by atoms with Gasteiger partial charge in [-0.1, -0.05) is 56.5 Å². The van der Waals surface area contributed by atoms with Crippen LogP contribution in [0.1, 0.15) is 56.7 Å². The summed E-state index contributed by atoms with van der Waals surface area (Å²) >= 11 is 0. The fraction of sp³-hybridized carbons (Fsp3) is 0.550. The SMILES string of the molecule is CCCCCC(C)NC(=NCc1ccccc1)NCc1nnc(C)n1C.I. The lowest BCUT2D eigenvalue weighted by Crippen LogP contribution is -2.42. The third kappa shape index (κ3) is 8.28. The van der Waals surface area contributed by atoms with Crippen LogP contribution < -0.4 is 10.6 Å². The maximum absolute atomic E-state index is 4.75. The molecule has 1 heterocycles. The van der Waals surface area contributed by atoms with Crippen LogP contribution >= 0.6 is 24.0 Å². The number of aryl methyl sites for hydroxylation is 1. The summed E-state index contributed by atoms with van der Waals surface area (Å²) in [7, 11) is 1.98. The van der Waals surface area contributed by atoms with Crippen molar-refractivity contribution < 1.29 is 0 Å². The topological polar surface area (TPSA) is 67.1 Å². The molecule has 0 aliphatic heterocycles. The van der Waals surface area contributed by atoms with Gasteiger partial charge in [-0.25, -0.2) is 4.99 Å². The second-order valence-corrected chi connectivity index (χ2v) is 6.77. The van der Waals surface area contributed by atoms with E-state index in [2.05, 4.69) is 46.8 Å². The van der Waals surface area contributed by atoms with Crippen LogP contribution in [0.5, 0.6) is 0 Å². The third-order valence-corrected chi connectivity index (χ3v) is 4.48. The molecule has 150 valence electrons. The maximum Gasteiger partial charge on any atom is 0.192 e. The number of guanidine groups is 1. The third-order valence-electron chi connectivity index (χ3n) is 4.48. The molecular formula is C20H33IN6. The lowest BCUT2D eigenvalue weighted by atomic mass is 10.1.